The predicted octanol–water partition coefficient (Wildman–Crippen LogP) is 1.71. The Hall–Kier alpha value is -1.75. The van der Waals surface area contributed by atoms with Crippen LogP contribution in [0.25, 0.3) is 0 Å². The van der Waals surface area contributed by atoms with Crippen LogP contribution in [-0.2, 0) is 0 Å². The summed E-state index contributed by atoms with van der Waals surface area (Å²) >= 11 is 0. The Morgan fingerprint density at radius 3 is 2.63 bits per heavy atom. The van der Waals surface area contributed by atoms with E-state index < -0.39 is 5.97 Å². The first kappa shape index (κ1) is 13.7. The van der Waals surface area contributed by atoms with Gasteiger partial charge in [0.25, 0.3) is 0 Å². The van der Waals surface area contributed by atoms with Crippen LogP contribution in [0.5, 0.6) is 0 Å². The van der Waals surface area contributed by atoms with Crippen molar-refractivity contribution in [3.8, 4) is 0 Å². The number of hydrogen-bond acceptors (Lipinski definition) is 4. The van der Waals surface area contributed by atoms with Gasteiger partial charge in [-0.2, -0.15) is 0 Å². The third-order valence-electron chi connectivity index (χ3n) is 3.69. The molecule has 0 spiro atoms. The molecule has 5 heteroatoms. The van der Waals surface area contributed by atoms with Gasteiger partial charge in [0.1, 0.15) is 0 Å². The quantitative estimate of drug-likeness (QED) is 0.705. The number of aromatic carboxylic acids is 1. The third kappa shape index (κ3) is 2.98. The third-order valence-corrected chi connectivity index (χ3v) is 3.69. The molecule has 1 aromatic rings. The lowest BCUT2D eigenvalue weighted by Crippen LogP contribution is -2.36. The van der Waals surface area contributed by atoms with Crippen LogP contribution >= 0.6 is 0 Å². The number of aliphatic hydroxyl groups excluding tert-OH is 1. The second kappa shape index (κ2) is 5.93. The van der Waals surface area contributed by atoms with Gasteiger partial charge in [-0.1, -0.05) is 12.8 Å². The van der Waals surface area contributed by atoms with Gasteiger partial charge >= 0.3 is 5.97 Å². The monoisotopic (exact) mass is 264 g/mol. The Kier molecular flexibility index (Phi) is 4.27. The second-order valence-electron chi connectivity index (χ2n) is 4.93. The number of nitrogen functional groups attached to an aromatic ring is 1. The maximum Gasteiger partial charge on any atom is 0.335 e. The molecule has 0 heterocycles. The highest BCUT2D eigenvalue weighted by Crippen LogP contribution is 2.32. The number of carbonyl (C=O) groups is 1. The fraction of sp³-hybridized carbons (Fsp3) is 0.500. The number of carboxylic acid groups (broad SMARTS) is 1. The van der Waals surface area contributed by atoms with Gasteiger partial charge in [-0.3, -0.25) is 0 Å². The van der Waals surface area contributed by atoms with Gasteiger partial charge in [-0.25, -0.2) is 4.79 Å². The van der Waals surface area contributed by atoms with E-state index in [2.05, 4.69) is 4.90 Å². The van der Waals surface area contributed by atoms with E-state index >= 15 is 0 Å². The first-order chi connectivity index (χ1) is 9.13. The summed E-state index contributed by atoms with van der Waals surface area (Å²) in [6.07, 6.45) is 4.48. The van der Waals surface area contributed by atoms with Crippen molar-refractivity contribution in [3.05, 3.63) is 23.8 Å². The largest absolute Gasteiger partial charge is 0.478 e. The lowest BCUT2D eigenvalue weighted by Gasteiger charge is -2.31. The molecule has 1 aliphatic carbocycles. The Balaban J connectivity index is 2.34. The van der Waals surface area contributed by atoms with Crippen LogP contribution in [0.15, 0.2) is 18.2 Å². The molecule has 1 aromatic carbocycles. The van der Waals surface area contributed by atoms with E-state index in [1.165, 1.54) is 18.9 Å². The average molecular weight is 264 g/mol. The number of nitrogens with zero attached hydrogens (tertiary/aromatic N) is 1. The zero-order valence-corrected chi connectivity index (χ0v) is 10.9. The fourth-order valence-corrected chi connectivity index (χ4v) is 2.75. The van der Waals surface area contributed by atoms with E-state index in [0.717, 1.165) is 18.5 Å². The molecule has 0 aliphatic heterocycles. The zero-order chi connectivity index (χ0) is 13.8. The Morgan fingerprint density at radius 2 is 2.05 bits per heavy atom. The minimum Gasteiger partial charge on any atom is -0.478 e. The van der Waals surface area contributed by atoms with Gasteiger partial charge in [0.2, 0.25) is 0 Å². The summed E-state index contributed by atoms with van der Waals surface area (Å²) in [7, 11) is 0. The highest BCUT2D eigenvalue weighted by molar-refractivity contribution is 5.90. The van der Waals surface area contributed by atoms with Crippen LogP contribution in [0.1, 0.15) is 36.0 Å². The molecule has 1 fully saturated rings. The van der Waals surface area contributed by atoms with E-state index in [4.69, 9.17) is 10.8 Å². The molecule has 5 nitrogen and oxygen atoms in total. The van der Waals surface area contributed by atoms with Gasteiger partial charge in [0, 0.05) is 12.6 Å². The average Bonchev–Trinajstić information content (AvgIpc) is 2.90. The van der Waals surface area contributed by atoms with Crippen LogP contribution < -0.4 is 10.6 Å². The van der Waals surface area contributed by atoms with Crippen LogP contribution in [0, 0.1) is 0 Å². The number of nitrogens with two attached hydrogens (primary N) is 1. The van der Waals surface area contributed by atoms with Crippen LogP contribution in [0.4, 0.5) is 11.4 Å². The number of carboxylic acids is 1. The molecule has 1 saturated carbocycles. The lowest BCUT2D eigenvalue weighted by atomic mass is 10.1. The standard InChI is InChI=1S/C14H20N2O3/c15-12-6-5-10(14(18)19)9-13(12)16(7-8-17)11-3-1-2-4-11/h5-6,9,11,17H,1-4,7-8,15H2,(H,18,19). The van der Waals surface area contributed by atoms with Crippen LogP contribution in [-0.4, -0.2) is 35.4 Å². The Morgan fingerprint density at radius 1 is 1.37 bits per heavy atom. The van der Waals surface area contributed by atoms with Crippen LogP contribution in [0.2, 0.25) is 0 Å². The summed E-state index contributed by atoms with van der Waals surface area (Å²) in [5.74, 6) is -0.961. The molecule has 1 aliphatic rings. The molecule has 4 N–H and O–H groups in total. The molecule has 0 radical (unpaired) electrons. The summed E-state index contributed by atoms with van der Waals surface area (Å²) in [6, 6.07) is 5.08. The summed E-state index contributed by atoms with van der Waals surface area (Å²) in [5.41, 5.74) is 7.48. The number of aliphatic hydroxyl groups is 1. The van der Waals surface area contributed by atoms with Crippen molar-refractivity contribution in [3.63, 3.8) is 0 Å². The number of rotatable bonds is 5. The summed E-state index contributed by atoms with van der Waals surface area (Å²) < 4.78 is 0. The maximum atomic E-state index is 11.1. The van der Waals surface area contributed by atoms with E-state index in [9.17, 15) is 9.90 Å². The van der Waals surface area contributed by atoms with E-state index in [1.54, 1.807) is 12.1 Å². The molecule has 19 heavy (non-hydrogen) atoms. The second-order valence-corrected chi connectivity index (χ2v) is 4.93. The molecular weight excluding hydrogens is 244 g/mol. The van der Waals surface area contributed by atoms with Gasteiger partial charge in [-0.15, -0.1) is 0 Å². The van der Waals surface area contributed by atoms with Crippen molar-refractivity contribution < 1.29 is 15.0 Å². The van der Waals surface area contributed by atoms with Crippen LogP contribution in [0.3, 0.4) is 0 Å². The zero-order valence-electron chi connectivity index (χ0n) is 10.9. The van der Waals surface area contributed by atoms with E-state index in [0.29, 0.717) is 18.3 Å². The molecule has 0 atom stereocenters. The number of anilines is 2. The first-order valence-corrected chi connectivity index (χ1v) is 6.64. The van der Waals surface area contributed by atoms with Gasteiger partial charge < -0.3 is 20.8 Å². The van der Waals surface area contributed by atoms with Crippen molar-refractivity contribution in [2.24, 2.45) is 0 Å². The molecular formula is C14H20N2O3. The fourth-order valence-electron chi connectivity index (χ4n) is 2.75. The van der Waals surface area contributed by atoms with Crippen molar-refractivity contribution in [2.75, 3.05) is 23.8 Å². The van der Waals surface area contributed by atoms with Crippen molar-refractivity contribution in [2.45, 2.75) is 31.7 Å². The molecule has 0 unspecified atom stereocenters. The van der Waals surface area contributed by atoms with E-state index in [1.807, 2.05) is 0 Å². The number of hydrogen-bond donors (Lipinski definition) is 3. The molecule has 0 aromatic heterocycles. The molecule has 0 bridgehead atoms. The Bertz CT molecular complexity index is 456. The summed E-state index contributed by atoms with van der Waals surface area (Å²) in [5, 5.41) is 18.3. The number of benzene rings is 1. The molecule has 0 saturated heterocycles. The van der Waals surface area contributed by atoms with Crippen molar-refractivity contribution in [1.82, 2.24) is 0 Å². The first-order valence-electron chi connectivity index (χ1n) is 6.64. The molecule has 2 rings (SSSR count). The highest BCUT2D eigenvalue weighted by atomic mass is 16.4. The summed E-state index contributed by atoms with van der Waals surface area (Å²) in [6.45, 7) is 0.519. The van der Waals surface area contributed by atoms with Crippen molar-refractivity contribution >= 4 is 17.3 Å². The maximum absolute atomic E-state index is 11.1. The molecule has 0 amide bonds. The van der Waals surface area contributed by atoms with E-state index in [-0.39, 0.29) is 12.2 Å². The highest BCUT2D eigenvalue weighted by Gasteiger charge is 2.24. The minimum absolute atomic E-state index is 0.0350. The SMILES string of the molecule is Nc1ccc(C(=O)O)cc1N(CCO)C1CCCC1. The normalized spacial score (nSPS) is 15.6. The van der Waals surface area contributed by atoms with Crippen molar-refractivity contribution in [1.29, 1.82) is 0 Å². The predicted molar refractivity (Wildman–Crippen MR) is 74.5 cm³/mol. The Labute approximate surface area is 112 Å². The molecule has 104 valence electrons. The summed E-state index contributed by atoms with van der Waals surface area (Å²) in [4.78, 5) is 13.1. The van der Waals surface area contributed by atoms with Gasteiger partial charge in [0.05, 0.1) is 23.5 Å². The topological polar surface area (TPSA) is 86.8 Å². The lowest BCUT2D eigenvalue weighted by molar-refractivity contribution is 0.0697. The minimum atomic E-state index is -0.961. The van der Waals surface area contributed by atoms with Gasteiger partial charge in [0.15, 0.2) is 0 Å². The van der Waals surface area contributed by atoms with Gasteiger partial charge in [-0.05, 0) is 31.0 Å². The smallest absolute Gasteiger partial charge is 0.335 e.